The van der Waals surface area contributed by atoms with E-state index in [9.17, 15) is 12.8 Å². The van der Waals surface area contributed by atoms with Crippen molar-refractivity contribution in [3.05, 3.63) is 70.5 Å². The van der Waals surface area contributed by atoms with Gasteiger partial charge < -0.3 is 0 Å². The first-order valence-corrected chi connectivity index (χ1v) is 12.6. The van der Waals surface area contributed by atoms with Gasteiger partial charge in [-0.15, -0.1) is 0 Å². The highest BCUT2D eigenvalue weighted by Crippen LogP contribution is 2.40. The van der Waals surface area contributed by atoms with Crippen LogP contribution in [0.3, 0.4) is 0 Å². The Morgan fingerprint density at radius 1 is 1.03 bits per heavy atom. The molecule has 0 amide bonds. The van der Waals surface area contributed by atoms with Crippen LogP contribution in [0, 0.1) is 5.82 Å². The van der Waals surface area contributed by atoms with Crippen molar-refractivity contribution in [3.63, 3.8) is 0 Å². The first-order valence-electron chi connectivity index (χ1n) is 11.1. The van der Waals surface area contributed by atoms with Gasteiger partial charge in [0.05, 0.1) is 5.25 Å². The molecule has 0 aromatic heterocycles. The molecule has 4 nitrogen and oxygen atoms in total. The predicted molar refractivity (Wildman–Crippen MR) is 116 cm³/mol. The van der Waals surface area contributed by atoms with Crippen molar-refractivity contribution < 1.29 is 12.8 Å². The van der Waals surface area contributed by atoms with Gasteiger partial charge in [-0.05, 0) is 79.6 Å². The Morgan fingerprint density at radius 3 is 2.53 bits per heavy atom. The average molecular weight is 429 g/mol. The molecule has 160 valence electrons. The van der Waals surface area contributed by atoms with E-state index in [0.29, 0.717) is 18.5 Å². The third-order valence-electron chi connectivity index (χ3n) is 7.18. The van der Waals surface area contributed by atoms with Gasteiger partial charge in [0.25, 0.3) is 0 Å². The number of sulfonamides is 1. The molecule has 3 aliphatic rings. The standard InChI is InChI=1S/C24H29FN2O2S/c25-20-5-1-4-17(12-20)13-23-22-14-18(16-26-30(28,29)21-6-2-7-21)8-9-19(22)15-24(23)27-10-3-11-27/h1,4-5,8-9,12,14,21,23-24,26H,2-3,6-7,10-11,13,15-16H2. The summed E-state index contributed by atoms with van der Waals surface area (Å²) in [4.78, 5) is 2.54. The van der Waals surface area contributed by atoms with E-state index in [-0.39, 0.29) is 11.1 Å². The van der Waals surface area contributed by atoms with Gasteiger partial charge in [0.1, 0.15) is 5.82 Å². The lowest BCUT2D eigenvalue weighted by Gasteiger charge is -2.39. The zero-order chi connectivity index (χ0) is 20.7. The lowest BCUT2D eigenvalue weighted by Crippen LogP contribution is -2.47. The summed E-state index contributed by atoms with van der Waals surface area (Å²) in [5.41, 5.74) is 4.68. The highest BCUT2D eigenvalue weighted by molar-refractivity contribution is 7.90. The first kappa shape index (κ1) is 20.2. The van der Waals surface area contributed by atoms with Crippen molar-refractivity contribution >= 4 is 10.0 Å². The number of nitrogens with zero attached hydrogens (tertiary/aromatic N) is 1. The molecule has 30 heavy (non-hydrogen) atoms. The van der Waals surface area contributed by atoms with Crippen LogP contribution >= 0.6 is 0 Å². The van der Waals surface area contributed by atoms with Gasteiger partial charge in [0.15, 0.2) is 0 Å². The molecule has 1 N–H and O–H groups in total. The van der Waals surface area contributed by atoms with Crippen molar-refractivity contribution in [2.75, 3.05) is 13.1 Å². The monoisotopic (exact) mass is 428 g/mol. The number of hydrogen-bond donors (Lipinski definition) is 1. The molecule has 0 bridgehead atoms. The Bertz CT molecular complexity index is 1030. The van der Waals surface area contributed by atoms with E-state index in [0.717, 1.165) is 56.3 Å². The molecule has 2 aromatic carbocycles. The Hall–Kier alpha value is -1.76. The summed E-state index contributed by atoms with van der Waals surface area (Å²) < 4.78 is 41.4. The third-order valence-corrected chi connectivity index (χ3v) is 9.07. The van der Waals surface area contributed by atoms with Gasteiger partial charge in [-0.2, -0.15) is 0 Å². The molecule has 1 aliphatic heterocycles. The number of rotatable bonds is 7. The smallest absolute Gasteiger partial charge is 0.214 e. The second-order valence-corrected chi connectivity index (χ2v) is 11.1. The van der Waals surface area contributed by atoms with E-state index < -0.39 is 10.0 Å². The number of halogens is 1. The van der Waals surface area contributed by atoms with Gasteiger partial charge in [-0.3, -0.25) is 4.90 Å². The predicted octanol–water partition coefficient (Wildman–Crippen LogP) is 3.75. The van der Waals surface area contributed by atoms with Crippen molar-refractivity contribution in [1.29, 1.82) is 0 Å². The van der Waals surface area contributed by atoms with Crippen molar-refractivity contribution in [2.24, 2.45) is 0 Å². The summed E-state index contributed by atoms with van der Waals surface area (Å²) in [6.45, 7) is 2.60. The number of nitrogens with one attached hydrogen (secondary N) is 1. The third kappa shape index (κ3) is 3.93. The normalized spacial score (nSPS) is 24.3. The lowest BCUT2D eigenvalue weighted by molar-refractivity contribution is 0.106. The molecular formula is C24H29FN2O2S. The van der Waals surface area contributed by atoms with Crippen molar-refractivity contribution in [2.45, 2.75) is 62.3 Å². The molecule has 1 heterocycles. The topological polar surface area (TPSA) is 49.4 Å². The Kier molecular flexibility index (Phi) is 5.42. The largest absolute Gasteiger partial charge is 0.299 e. The Balaban J connectivity index is 1.38. The maximum atomic E-state index is 13.8. The number of likely N-dealkylation sites (tertiary alicyclic amines) is 1. The van der Waals surface area contributed by atoms with Gasteiger partial charge in [-0.1, -0.05) is 36.8 Å². The van der Waals surface area contributed by atoms with Crippen LogP contribution in [0.15, 0.2) is 42.5 Å². The molecule has 1 saturated heterocycles. The molecule has 6 heteroatoms. The highest BCUT2D eigenvalue weighted by Gasteiger charge is 2.38. The van der Waals surface area contributed by atoms with Crippen LogP contribution in [-0.2, 0) is 29.4 Å². The fraction of sp³-hybridized carbons (Fsp3) is 0.500. The van der Waals surface area contributed by atoms with E-state index in [4.69, 9.17) is 0 Å². The molecule has 2 unspecified atom stereocenters. The summed E-state index contributed by atoms with van der Waals surface area (Å²) >= 11 is 0. The van der Waals surface area contributed by atoms with Gasteiger partial charge in [0, 0.05) is 18.5 Å². The number of fused-ring (bicyclic) bond motifs is 1. The van der Waals surface area contributed by atoms with Gasteiger partial charge in [0.2, 0.25) is 10.0 Å². The van der Waals surface area contributed by atoms with Crippen LogP contribution in [0.25, 0.3) is 0 Å². The zero-order valence-corrected chi connectivity index (χ0v) is 18.0. The summed E-state index contributed by atoms with van der Waals surface area (Å²) in [6.07, 6.45) is 5.61. The molecule has 1 saturated carbocycles. The quantitative estimate of drug-likeness (QED) is 0.731. The summed E-state index contributed by atoms with van der Waals surface area (Å²) in [7, 11) is -3.22. The maximum absolute atomic E-state index is 13.8. The molecule has 2 aromatic rings. The zero-order valence-electron chi connectivity index (χ0n) is 17.2. The van der Waals surface area contributed by atoms with E-state index in [2.05, 4.69) is 27.8 Å². The SMILES string of the molecule is O=S(=O)(NCc1ccc2c(c1)C(Cc1cccc(F)c1)C(N1CCC1)C2)C1CCC1. The second-order valence-electron chi connectivity index (χ2n) is 9.05. The summed E-state index contributed by atoms with van der Waals surface area (Å²) in [5, 5.41) is -0.219. The van der Waals surface area contributed by atoms with E-state index in [1.165, 1.54) is 23.6 Å². The van der Waals surface area contributed by atoms with Crippen molar-refractivity contribution in [1.82, 2.24) is 9.62 Å². The van der Waals surface area contributed by atoms with Crippen LogP contribution in [-0.4, -0.2) is 37.7 Å². The van der Waals surface area contributed by atoms with E-state index in [1.807, 2.05) is 6.07 Å². The van der Waals surface area contributed by atoms with Crippen LogP contribution < -0.4 is 4.72 Å². The van der Waals surface area contributed by atoms with Gasteiger partial charge >= 0.3 is 0 Å². The number of benzene rings is 2. The van der Waals surface area contributed by atoms with Gasteiger partial charge in [-0.25, -0.2) is 17.5 Å². The van der Waals surface area contributed by atoms with Crippen LogP contribution in [0.2, 0.25) is 0 Å². The minimum atomic E-state index is -3.22. The summed E-state index contributed by atoms with van der Waals surface area (Å²) in [6, 6.07) is 13.8. The first-order chi connectivity index (χ1) is 14.5. The molecule has 0 spiro atoms. The minimum Gasteiger partial charge on any atom is -0.299 e. The fourth-order valence-corrected chi connectivity index (χ4v) is 6.62. The molecule has 2 atom stereocenters. The lowest BCUT2D eigenvalue weighted by atomic mass is 9.88. The van der Waals surface area contributed by atoms with E-state index >= 15 is 0 Å². The van der Waals surface area contributed by atoms with Crippen LogP contribution in [0.5, 0.6) is 0 Å². The fourth-order valence-electron chi connectivity index (χ4n) is 5.06. The highest BCUT2D eigenvalue weighted by atomic mass is 32.2. The van der Waals surface area contributed by atoms with Crippen LogP contribution in [0.1, 0.15) is 53.9 Å². The molecule has 2 fully saturated rings. The molecule has 2 aliphatic carbocycles. The summed E-state index contributed by atoms with van der Waals surface area (Å²) in [5.74, 6) is 0.121. The molecule has 5 rings (SSSR count). The maximum Gasteiger partial charge on any atom is 0.214 e. The molecular weight excluding hydrogens is 399 g/mol. The van der Waals surface area contributed by atoms with Crippen molar-refractivity contribution in [3.8, 4) is 0 Å². The Morgan fingerprint density at radius 2 is 1.87 bits per heavy atom. The second kappa shape index (κ2) is 8.06. The minimum absolute atomic E-state index is 0.189. The average Bonchev–Trinajstić information content (AvgIpc) is 2.94. The molecule has 0 radical (unpaired) electrons. The van der Waals surface area contributed by atoms with E-state index in [1.54, 1.807) is 12.1 Å². The van der Waals surface area contributed by atoms with Crippen LogP contribution in [0.4, 0.5) is 4.39 Å². The number of hydrogen-bond acceptors (Lipinski definition) is 3. The Labute approximate surface area is 178 Å².